The number of phosphoric ester groups is 1. The van der Waals surface area contributed by atoms with Crippen LogP contribution in [0, 0.1) is 0 Å². The molecule has 0 rings (SSSR count). The molecule has 1 amide bonds. The van der Waals surface area contributed by atoms with Crippen molar-refractivity contribution in [2.24, 2.45) is 0 Å². The second kappa shape index (κ2) is 47.1. The second-order valence-corrected chi connectivity index (χ2v) is 21.7. The first kappa shape index (κ1) is 63.0. The van der Waals surface area contributed by atoms with Gasteiger partial charge in [0.05, 0.1) is 39.9 Å². The van der Waals surface area contributed by atoms with E-state index in [-0.39, 0.29) is 19.1 Å². The summed E-state index contributed by atoms with van der Waals surface area (Å²) in [4.78, 5) is 25.3. The van der Waals surface area contributed by atoms with E-state index in [0.29, 0.717) is 17.4 Å². The van der Waals surface area contributed by atoms with E-state index in [1.165, 1.54) is 212 Å². The minimum atomic E-state index is -4.59. The van der Waals surface area contributed by atoms with Gasteiger partial charge in [0.1, 0.15) is 13.2 Å². The normalized spacial score (nSPS) is 14.2. The molecule has 0 fully saturated rings. The molecule has 0 aliphatic carbocycles. The Morgan fingerprint density at radius 2 is 0.875 bits per heavy atom. The van der Waals surface area contributed by atoms with Gasteiger partial charge < -0.3 is 28.8 Å². The fourth-order valence-corrected chi connectivity index (χ4v) is 9.01. The number of hydrogen-bond donors (Lipinski definition) is 2. The number of unbranched alkanes of at least 4 members (excludes halogenated alkanes) is 36. The Bertz CT molecular complexity index is 1090. The summed E-state index contributed by atoms with van der Waals surface area (Å²) in [6.45, 7) is 4.60. The minimum Gasteiger partial charge on any atom is -0.756 e. The zero-order valence-electron chi connectivity index (χ0n) is 43.3. The predicted octanol–water partition coefficient (Wildman–Crippen LogP) is 15.8. The van der Waals surface area contributed by atoms with Crippen molar-refractivity contribution in [2.45, 2.75) is 283 Å². The molecule has 0 bridgehead atoms. The number of rotatable bonds is 51. The number of aliphatic hydroxyl groups excluding tert-OH is 1. The first-order valence-electron chi connectivity index (χ1n) is 27.7. The SMILES string of the molecule is CCCCC/C=C/CC/C=C/C(O)C(COP(=O)([O-])OCC[N+](C)(C)C)NC(=O)CCCCCCCCCCCCCCCCCCCCCCCCCCCCCCCCCCC. The van der Waals surface area contributed by atoms with Gasteiger partial charge in [0.25, 0.3) is 7.82 Å². The molecule has 0 aliphatic rings. The van der Waals surface area contributed by atoms with E-state index in [9.17, 15) is 19.4 Å². The molecule has 64 heavy (non-hydrogen) atoms. The van der Waals surface area contributed by atoms with Gasteiger partial charge in [-0.05, 0) is 32.1 Å². The van der Waals surface area contributed by atoms with Crippen LogP contribution in [0.3, 0.4) is 0 Å². The highest BCUT2D eigenvalue weighted by atomic mass is 31.2. The van der Waals surface area contributed by atoms with Crippen LogP contribution in [0.15, 0.2) is 24.3 Å². The van der Waals surface area contributed by atoms with E-state index < -0.39 is 20.0 Å². The molecule has 0 saturated carbocycles. The monoisotopic (exact) mass is 925 g/mol. The number of likely N-dealkylation sites (N-methyl/N-ethyl adjacent to an activating group) is 1. The molecular formula is C55H109N2O6P. The summed E-state index contributed by atoms with van der Waals surface area (Å²) < 4.78 is 23.2. The Balaban J connectivity index is 3.88. The number of nitrogens with one attached hydrogen (secondary N) is 1. The highest BCUT2D eigenvalue weighted by Gasteiger charge is 2.23. The van der Waals surface area contributed by atoms with E-state index in [2.05, 4.69) is 31.3 Å². The number of carbonyl (C=O) groups is 1. The molecular weight excluding hydrogens is 816 g/mol. The fraction of sp³-hybridized carbons (Fsp3) is 0.909. The largest absolute Gasteiger partial charge is 0.756 e. The fourth-order valence-electron chi connectivity index (χ4n) is 8.29. The molecule has 0 aromatic carbocycles. The predicted molar refractivity (Wildman–Crippen MR) is 275 cm³/mol. The summed E-state index contributed by atoms with van der Waals surface area (Å²) in [5, 5.41) is 13.7. The second-order valence-electron chi connectivity index (χ2n) is 20.3. The molecule has 0 spiro atoms. The third-order valence-electron chi connectivity index (χ3n) is 12.7. The van der Waals surface area contributed by atoms with Gasteiger partial charge in [-0.25, -0.2) is 0 Å². The maximum Gasteiger partial charge on any atom is 0.268 e. The van der Waals surface area contributed by atoms with Crippen molar-refractivity contribution in [1.82, 2.24) is 5.32 Å². The van der Waals surface area contributed by atoms with Gasteiger partial charge in [-0.2, -0.15) is 0 Å². The summed E-state index contributed by atoms with van der Waals surface area (Å²) in [6.07, 6.45) is 58.7. The zero-order valence-corrected chi connectivity index (χ0v) is 44.1. The Hall–Kier alpha value is -1.02. The Labute approximate surface area is 398 Å². The average molecular weight is 925 g/mol. The van der Waals surface area contributed by atoms with Crippen molar-refractivity contribution in [3.63, 3.8) is 0 Å². The van der Waals surface area contributed by atoms with Crippen molar-refractivity contribution >= 4 is 13.7 Å². The van der Waals surface area contributed by atoms with Gasteiger partial charge >= 0.3 is 0 Å². The Kier molecular flexibility index (Phi) is 46.3. The Morgan fingerprint density at radius 3 is 1.27 bits per heavy atom. The van der Waals surface area contributed by atoms with Gasteiger partial charge in [-0.1, -0.05) is 256 Å². The molecule has 0 aliphatic heterocycles. The Morgan fingerprint density at radius 1 is 0.531 bits per heavy atom. The quantitative estimate of drug-likeness (QED) is 0.0272. The van der Waals surface area contributed by atoms with Crippen LogP contribution in [0.1, 0.15) is 271 Å². The number of amides is 1. The smallest absolute Gasteiger partial charge is 0.268 e. The highest BCUT2D eigenvalue weighted by molar-refractivity contribution is 7.45. The maximum absolute atomic E-state index is 12.9. The molecule has 9 heteroatoms. The lowest BCUT2D eigenvalue weighted by molar-refractivity contribution is -0.870. The van der Waals surface area contributed by atoms with Gasteiger partial charge in [0.15, 0.2) is 0 Å². The molecule has 0 radical (unpaired) electrons. The summed E-state index contributed by atoms with van der Waals surface area (Å²) in [5.41, 5.74) is 0. The number of aliphatic hydroxyl groups is 1. The van der Waals surface area contributed by atoms with Crippen LogP contribution < -0.4 is 10.2 Å². The molecule has 0 heterocycles. The van der Waals surface area contributed by atoms with Crippen molar-refractivity contribution in [3.05, 3.63) is 24.3 Å². The summed E-state index contributed by atoms with van der Waals surface area (Å²) in [7, 11) is 1.25. The maximum atomic E-state index is 12.9. The molecule has 0 saturated heterocycles. The first-order valence-corrected chi connectivity index (χ1v) is 29.2. The summed E-state index contributed by atoms with van der Waals surface area (Å²) in [6, 6.07) is -0.897. The van der Waals surface area contributed by atoms with Crippen LogP contribution in [-0.2, 0) is 18.4 Å². The highest BCUT2D eigenvalue weighted by Crippen LogP contribution is 2.38. The van der Waals surface area contributed by atoms with Crippen LogP contribution >= 0.6 is 7.82 Å². The van der Waals surface area contributed by atoms with Crippen LogP contribution in [0.2, 0.25) is 0 Å². The number of allylic oxidation sites excluding steroid dienone is 3. The zero-order chi connectivity index (χ0) is 47.1. The lowest BCUT2D eigenvalue weighted by Gasteiger charge is -2.29. The summed E-state index contributed by atoms with van der Waals surface area (Å²) >= 11 is 0. The van der Waals surface area contributed by atoms with Crippen molar-refractivity contribution < 1.29 is 32.9 Å². The third kappa shape index (κ3) is 48.9. The molecule has 380 valence electrons. The molecule has 3 unspecified atom stereocenters. The number of quaternary nitrogens is 1. The topological polar surface area (TPSA) is 108 Å². The van der Waals surface area contributed by atoms with Crippen LogP contribution in [0.5, 0.6) is 0 Å². The van der Waals surface area contributed by atoms with Crippen molar-refractivity contribution in [1.29, 1.82) is 0 Å². The van der Waals surface area contributed by atoms with Crippen molar-refractivity contribution in [2.75, 3.05) is 40.9 Å². The molecule has 2 N–H and O–H groups in total. The minimum absolute atomic E-state index is 0.00451. The molecule has 0 aromatic heterocycles. The molecule has 8 nitrogen and oxygen atoms in total. The molecule has 3 atom stereocenters. The van der Waals surface area contributed by atoms with E-state index in [1.54, 1.807) is 6.08 Å². The number of nitrogens with zero attached hydrogens (tertiary/aromatic N) is 1. The first-order chi connectivity index (χ1) is 31.0. The van der Waals surface area contributed by atoms with Crippen molar-refractivity contribution in [3.8, 4) is 0 Å². The standard InChI is InChI=1S/C55H109N2O6P/c1-6-8-10-12-14-16-17-18-19-20-21-22-23-24-25-26-27-28-29-30-31-32-33-34-35-36-37-38-39-41-43-45-47-49-55(59)56-53(52-63-64(60,61)62-51-50-57(3,4)5)54(58)48-46-44-42-40-15-13-11-9-7-2/h15,40,46,48,53-54,58H,6-14,16-39,41-45,47,49-52H2,1-5H3,(H-,56,59,60,61)/b40-15+,48-46+. The average Bonchev–Trinajstić information content (AvgIpc) is 3.25. The van der Waals surface area contributed by atoms with Gasteiger partial charge in [0, 0.05) is 6.42 Å². The van der Waals surface area contributed by atoms with Gasteiger partial charge in [0.2, 0.25) is 5.91 Å². The van der Waals surface area contributed by atoms with Gasteiger partial charge in [-0.3, -0.25) is 9.36 Å². The lowest BCUT2D eigenvalue weighted by Crippen LogP contribution is -2.45. The van der Waals surface area contributed by atoms with Crippen LogP contribution in [-0.4, -0.2) is 68.5 Å². The van der Waals surface area contributed by atoms with E-state index in [4.69, 9.17) is 9.05 Å². The van der Waals surface area contributed by atoms with Crippen LogP contribution in [0.25, 0.3) is 0 Å². The van der Waals surface area contributed by atoms with E-state index in [1.807, 2.05) is 27.2 Å². The third-order valence-corrected chi connectivity index (χ3v) is 13.6. The van der Waals surface area contributed by atoms with Gasteiger partial charge in [-0.15, -0.1) is 0 Å². The van der Waals surface area contributed by atoms with E-state index >= 15 is 0 Å². The summed E-state index contributed by atoms with van der Waals surface area (Å²) in [5.74, 6) is -0.205. The number of phosphoric acid groups is 1. The number of hydrogen-bond acceptors (Lipinski definition) is 6. The van der Waals surface area contributed by atoms with Crippen LogP contribution in [0.4, 0.5) is 0 Å². The van der Waals surface area contributed by atoms with E-state index in [0.717, 1.165) is 38.5 Å². The lowest BCUT2D eigenvalue weighted by atomic mass is 10.0. The molecule has 0 aromatic rings. The number of carbonyl (C=O) groups excluding carboxylic acids is 1.